The van der Waals surface area contributed by atoms with E-state index >= 15 is 0 Å². The number of piperidine rings is 1. The van der Waals surface area contributed by atoms with E-state index in [4.69, 9.17) is 11.6 Å². The molecule has 1 aliphatic heterocycles. The Hall–Kier alpha value is -2.02. The number of halogens is 1. The van der Waals surface area contributed by atoms with Crippen molar-refractivity contribution in [3.8, 4) is 5.69 Å². The van der Waals surface area contributed by atoms with Gasteiger partial charge in [-0.2, -0.15) is 0 Å². The molecule has 0 amide bonds. The minimum atomic E-state index is 0.578. The van der Waals surface area contributed by atoms with Crippen molar-refractivity contribution in [2.24, 2.45) is 0 Å². The van der Waals surface area contributed by atoms with Gasteiger partial charge in [0.1, 0.15) is 0 Å². The number of likely N-dealkylation sites (tertiary alicyclic amines) is 1. The number of benzene rings is 2. The lowest BCUT2D eigenvalue weighted by Gasteiger charge is -2.25. The van der Waals surface area contributed by atoms with Gasteiger partial charge in [0.25, 0.3) is 0 Å². The largest absolute Gasteiger partial charge is 0.378 e. The highest BCUT2D eigenvalue weighted by Crippen LogP contribution is 2.23. The third-order valence-corrected chi connectivity index (χ3v) is 6.22. The van der Waals surface area contributed by atoms with Gasteiger partial charge >= 0.3 is 0 Å². The quantitative estimate of drug-likeness (QED) is 0.506. The number of anilines is 1. The van der Waals surface area contributed by atoms with Gasteiger partial charge in [-0.3, -0.25) is 4.57 Å². The molecular weight excluding hydrogens is 402 g/mol. The first-order chi connectivity index (χ1) is 14.3. The van der Waals surface area contributed by atoms with Crippen molar-refractivity contribution in [3.05, 3.63) is 65.4 Å². The molecule has 29 heavy (non-hydrogen) atoms. The van der Waals surface area contributed by atoms with E-state index < -0.39 is 0 Å². The number of nitrogens with zero attached hydrogens (tertiary/aromatic N) is 4. The van der Waals surface area contributed by atoms with E-state index in [0.29, 0.717) is 11.6 Å². The maximum absolute atomic E-state index is 6.10. The molecule has 7 heteroatoms. The molecular formula is C22H26ClN5S. The van der Waals surface area contributed by atoms with Crippen molar-refractivity contribution in [2.45, 2.75) is 31.0 Å². The monoisotopic (exact) mass is 427 g/mol. The summed E-state index contributed by atoms with van der Waals surface area (Å²) in [4.78, 5) is 2.56. The third kappa shape index (κ3) is 5.53. The Balaban J connectivity index is 1.47. The Kier molecular flexibility index (Phi) is 7.09. The summed E-state index contributed by atoms with van der Waals surface area (Å²) in [6, 6.07) is 18.0. The first-order valence-electron chi connectivity index (χ1n) is 10.1. The van der Waals surface area contributed by atoms with Gasteiger partial charge in [-0.25, -0.2) is 0 Å². The van der Waals surface area contributed by atoms with Crippen LogP contribution in [0.4, 0.5) is 5.69 Å². The van der Waals surface area contributed by atoms with Crippen molar-refractivity contribution >= 4 is 29.1 Å². The maximum atomic E-state index is 6.10. The van der Waals surface area contributed by atoms with Crippen LogP contribution in [0.25, 0.3) is 5.69 Å². The molecule has 1 fully saturated rings. The Morgan fingerprint density at radius 1 is 0.966 bits per heavy atom. The second kappa shape index (κ2) is 10.1. The fourth-order valence-corrected chi connectivity index (χ4v) is 4.73. The Labute approximate surface area is 181 Å². The van der Waals surface area contributed by atoms with Crippen LogP contribution in [0, 0.1) is 0 Å². The molecule has 0 bridgehead atoms. The molecule has 0 saturated carbocycles. The number of para-hydroxylation sites is 1. The third-order valence-electron chi connectivity index (χ3n) is 5.08. The van der Waals surface area contributed by atoms with Crippen molar-refractivity contribution in [3.63, 3.8) is 0 Å². The fraction of sp³-hybridized carbons (Fsp3) is 0.364. The molecule has 0 radical (unpaired) electrons. The summed E-state index contributed by atoms with van der Waals surface area (Å²) in [7, 11) is 0. The molecule has 3 aromatic rings. The number of nitrogens with one attached hydrogen (secondary N) is 1. The topological polar surface area (TPSA) is 46.0 Å². The first kappa shape index (κ1) is 20.3. The van der Waals surface area contributed by atoms with Crippen LogP contribution >= 0.6 is 23.4 Å². The van der Waals surface area contributed by atoms with Gasteiger partial charge in [0.2, 0.25) is 0 Å². The van der Waals surface area contributed by atoms with E-state index in [9.17, 15) is 0 Å². The van der Waals surface area contributed by atoms with Gasteiger partial charge in [-0.1, -0.05) is 54.0 Å². The molecule has 2 heterocycles. The zero-order chi connectivity index (χ0) is 19.9. The van der Waals surface area contributed by atoms with Crippen LogP contribution < -0.4 is 5.32 Å². The zero-order valence-electron chi connectivity index (χ0n) is 16.4. The zero-order valence-corrected chi connectivity index (χ0v) is 18.0. The fourth-order valence-electron chi connectivity index (χ4n) is 3.57. The van der Waals surface area contributed by atoms with Crippen LogP contribution in [-0.4, -0.2) is 45.1 Å². The van der Waals surface area contributed by atoms with Crippen LogP contribution in [0.3, 0.4) is 0 Å². The van der Waals surface area contributed by atoms with Crippen LogP contribution in [-0.2, 0) is 6.54 Å². The lowest BCUT2D eigenvalue weighted by atomic mass is 10.1. The minimum Gasteiger partial charge on any atom is -0.378 e. The first-order valence-corrected chi connectivity index (χ1v) is 11.5. The van der Waals surface area contributed by atoms with Gasteiger partial charge in [-0.15, -0.1) is 10.2 Å². The van der Waals surface area contributed by atoms with E-state index in [0.717, 1.165) is 34.7 Å². The molecule has 152 valence electrons. The second-order valence-electron chi connectivity index (χ2n) is 7.18. The minimum absolute atomic E-state index is 0.578. The second-order valence-corrected chi connectivity index (χ2v) is 8.68. The summed E-state index contributed by atoms with van der Waals surface area (Å²) < 4.78 is 2.15. The van der Waals surface area contributed by atoms with Crippen molar-refractivity contribution in [1.82, 2.24) is 19.7 Å². The van der Waals surface area contributed by atoms with E-state index in [1.165, 1.54) is 32.4 Å². The molecule has 0 aliphatic carbocycles. The van der Waals surface area contributed by atoms with Gasteiger partial charge in [0.15, 0.2) is 11.0 Å². The van der Waals surface area contributed by atoms with Gasteiger partial charge < -0.3 is 10.2 Å². The summed E-state index contributed by atoms with van der Waals surface area (Å²) in [5.41, 5.74) is 2.06. The number of rotatable bonds is 8. The summed E-state index contributed by atoms with van der Waals surface area (Å²) >= 11 is 7.88. The lowest BCUT2D eigenvalue weighted by molar-refractivity contribution is 0.242. The molecule has 1 saturated heterocycles. The van der Waals surface area contributed by atoms with Gasteiger partial charge in [0.05, 0.1) is 6.54 Å². The number of hydrogen-bond acceptors (Lipinski definition) is 5. The van der Waals surface area contributed by atoms with E-state index in [-0.39, 0.29) is 0 Å². The van der Waals surface area contributed by atoms with E-state index in [1.807, 2.05) is 42.5 Å². The molecule has 0 unspecified atom stereocenters. The SMILES string of the molecule is Clc1cccc(NCc2nnc(SCCN3CCCCC3)n2-c2ccccc2)c1. The summed E-state index contributed by atoms with van der Waals surface area (Å²) in [6.07, 6.45) is 4.02. The standard InChI is InChI=1S/C22H26ClN5S/c23-18-8-7-9-19(16-18)24-17-21-25-26-22(28(21)20-10-3-1-4-11-20)29-15-14-27-12-5-2-6-13-27/h1,3-4,7-11,16,24H,2,5-6,12-15,17H2. The van der Waals surface area contributed by atoms with E-state index in [1.54, 1.807) is 11.8 Å². The molecule has 4 rings (SSSR count). The molecule has 1 aromatic heterocycles. The van der Waals surface area contributed by atoms with Gasteiger partial charge in [0, 0.05) is 28.7 Å². The highest BCUT2D eigenvalue weighted by atomic mass is 35.5. The maximum Gasteiger partial charge on any atom is 0.195 e. The Bertz CT molecular complexity index is 909. The van der Waals surface area contributed by atoms with Crippen LogP contribution in [0.5, 0.6) is 0 Å². The summed E-state index contributed by atoms with van der Waals surface area (Å²) in [5, 5.41) is 14.0. The highest BCUT2D eigenvalue weighted by Gasteiger charge is 2.16. The molecule has 0 atom stereocenters. The van der Waals surface area contributed by atoms with Crippen molar-refractivity contribution < 1.29 is 0 Å². The predicted octanol–water partition coefficient (Wildman–Crippen LogP) is 5.11. The van der Waals surface area contributed by atoms with Crippen molar-refractivity contribution in [1.29, 1.82) is 0 Å². The lowest BCUT2D eigenvalue weighted by Crippen LogP contribution is -2.31. The molecule has 5 nitrogen and oxygen atoms in total. The number of aromatic nitrogens is 3. The molecule has 2 aromatic carbocycles. The van der Waals surface area contributed by atoms with Gasteiger partial charge in [-0.05, 0) is 56.3 Å². The molecule has 1 aliphatic rings. The number of thioether (sulfide) groups is 1. The normalized spacial score (nSPS) is 14.8. The van der Waals surface area contributed by atoms with Crippen LogP contribution in [0.1, 0.15) is 25.1 Å². The Morgan fingerprint density at radius 2 is 1.79 bits per heavy atom. The average Bonchev–Trinajstić information content (AvgIpc) is 3.16. The van der Waals surface area contributed by atoms with Crippen LogP contribution in [0.2, 0.25) is 5.02 Å². The smallest absolute Gasteiger partial charge is 0.195 e. The number of hydrogen-bond donors (Lipinski definition) is 1. The van der Waals surface area contributed by atoms with E-state index in [2.05, 4.69) is 37.1 Å². The molecule has 0 spiro atoms. The van der Waals surface area contributed by atoms with Crippen molar-refractivity contribution in [2.75, 3.05) is 30.7 Å². The molecule has 1 N–H and O–H groups in total. The Morgan fingerprint density at radius 3 is 2.59 bits per heavy atom. The summed E-state index contributed by atoms with van der Waals surface area (Å²) in [5.74, 6) is 1.91. The van der Waals surface area contributed by atoms with Crippen LogP contribution in [0.15, 0.2) is 59.8 Å². The highest BCUT2D eigenvalue weighted by molar-refractivity contribution is 7.99. The predicted molar refractivity (Wildman–Crippen MR) is 121 cm³/mol. The average molecular weight is 428 g/mol. The summed E-state index contributed by atoms with van der Waals surface area (Å²) in [6.45, 7) is 4.12.